The van der Waals surface area contributed by atoms with Crippen molar-refractivity contribution < 1.29 is 27.9 Å². The molecule has 2 aliphatic carbocycles. The standard InChI is InChI=1S/C29H55N5O6S/c1-6-13-34(14-7-2)29(38)23-16-22(17-24(18-23)41(30,39)40)28(37)31-25(15-21-11-9-8-10-12-21)26(35)19-33(5)32-27(36)20(3)4/h20-26,35H,6-19H2,1-5H3,(H,31,37)(H,32,36)(H2,30,39,40). The van der Waals surface area contributed by atoms with E-state index in [-0.39, 0.29) is 49.4 Å². The van der Waals surface area contributed by atoms with E-state index < -0.39 is 39.3 Å². The lowest BCUT2D eigenvalue weighted by molar-refractivity contribution is -0.138. The van der Waals surface area contributed by atoms with E-state index in [0.29, 0.717) is 25.4 Å². The third-order valence-electron chi connectivity index (χ3n) is 8.54. The van der Waals surface area contributed by atoms with Gasteiger partial charge in [0.1, 0.15) is 0 Å². The van der Waals surface area contributed by atoms with Crippen molar-refractivity contribution in [2.75, 3.05) is 26.7 Å². The summed E-state index contributed by atoms with van der Waals surface area (Å²) in [4.78, 5) is 41.1. The minimum absolute atomic E-state index is 0.0482. The van der Waals surface area contributed by atoms with Crippen molar-refractivity contribution in [2.24, 2.45) is 28.8 Å². The van der Waals surface area contributed by atoms with E-state index in [1.54, 1.807) is 25.8 Å². The van der Waals surface area contributed by atoms with Crippen molar-refractivity contribution in [2.45, 2.75) is 116 Å². The Kier molecular flexibility index (Phi) is 14.5. The highest BCUT2D eigenvalue weighted by molar-refractivity contribution is 7.89. The third kappa shape index (κ3) is 11.4. The third-order valence-corrected chi connectivity index (χ3v) is 9.85. The maximum atomic E-state index is 13.7. The molecule has 11 nitrogen and oxygen atoms in total. The number of nitrogens with zero attached hydrogens (tertiary/aromatic N) is 2. The van der Waals surface area contributed by atoms with Gasteiger partial charge < -0.3 is 15.3 Å². The molecule has 2 saturated carbocycles. The van der Waals surface area contributed by atoms with Gasteiger partial charge in [-0.3, -0.25) is 19.8 Å². The maximum absolute atomic E-state index is 13.7. The van der Waals surface area contributed by atoms with Crippen molar-refractivity contribution in [1.82, 2.24) is 20.7 Å². The van der Waals surface area contributed by atoms with Gasteiger partial charge in [0.15, 0.2) is 0 Å². The molecule has 0 aromatic heterocycles. The molecule has 3 amide bonds. The average Bonchev–Trinajstić information content (AvgIpc) is 2.91. The van der Waals surface area contributed by atoms with Crippen LogP contribution in [-0.4, -0.2) is 85.2 Å². The van der Waals surface area contributed by atoms with Gasteiger partial charge in [0, 0.05) is 44.4 Å². The molecule has 5 unspecified atom stereocenters. The average molecular weight is 602 g/mol. The van der Waals surface area contributed by atoms with Gasteiger partial charge in [-0.2, -0.15) is 0 Å². The number of nitrogens with two attached hydrogens (primary N) is 1. The molecule has 5 atom stereocenters. The van der Waals surface area contributed by atoms with Crippen LogP contribution in [0.4, 0.5) is 0 Å². The van der Waals surface area contributed by atoms with E-state index in [1.807, 2.05) is 13.8 Å². The van der Waals surface area contributed by atoms with Crippen LogP contribution in [0.1, 0.15) is 98.3 Å². The molecule has 2 fully saturated rings. The second-order valence-corrected chi connectivity index (χ2v) is 14.4. The zero-order valence-electron chi connectivity index (χ0n) is 25.8. The number of aliphatic hydroxyl groups is 1. The highest BCUT2D eigenvalue weighted by Crippen LogP contribution is 2.35. The van der Waals surface area contributed by atoms with E-state index in [4.69, 9.17) is 5.14 Å². The molecule has 0 bridgehead atoms. The molecule has 5 N–H and O–H groups in total. The van der Waals surface area contributed by atoms with Crippen LogP contribution in [-0.2, 0) is 24.4 Å². The van der Waals surface area contributed by atoms with Gasteiger partial charge in [0.2, 0.25) is 27.7 Å². The number of likely N-dealkylation sites (N-methyl/N-ethyl adjacent to an activating group) is 1. The van der Waals surface area contributed by atoms with Crippen LogP contribution >= 0.6 is 0 Å². The number of hydrogen-bond acceptors (Lipinski definition) is 7. The minimum Gasteiger partial charge on any atom is -0.390 e. The Morgan fingerprint density at radius 2 is 1.56 bits per heavy atom. The molecule has 0 radical (unpaired) electrons. The van der Waals surface area contributed by atoms with Gasteiger partial charge in [-0.15, -0.1) is 0 Å². The monoisotopic (exact) mass is 601 g/mol. The zero-order chi connectivity index (χ0) is 30.7. The van der Waals surface area contributed by atoms with Crippen molar-refractivity contribution in [1.29, 1.82) is 0 Å². The highest BCUT2D eigenvalue weighted by Gasteiger charge is 2.42. The van der Waals surface area contributed by atoms with Gasteiger partial charge >= 0.3 is 0 Å². The lowest BCUT2D eigenvalue weighted by Crippen LogP contribution is -2.54. The molecule has 0 spiro atoms. The molecule has 2 rings (SSSR count). The summed E-state index contributed by atoms with van der Waals surface area (Å²) in [6.07, 6.45) is 7.06. The van der Waals surface area contributed by atoms with Gasteiger partial charge in [-0.05, 0) is 44.4 Å². The van der Waals surface area contributed by atoms with E-state index in [1.165, 1.54) is 11.4 Å². The zero-order valence-corrected chi connectivity index (χ0v) is 26.6. The number of carbonyl (C=O) groups is 3. The first kappa shape index (κ1) is 35.4. The number of rotatable bonds is 15. The first-order chi connectivity index (χ1) is 19.3. The lowest BCUT2D eigenvalue weighted by Gasteiger charge is -2.37. The van der Waals surface area contributed by atoms with Crippen molar-refractivity contribution in [3.8, 4) is 0 Å². The highest BCUT2D eigenvalue weighted by atomic mass is 32.2. The van der Waals surface area contributed by atoms with E-state index in [2.05, 4.69) is 10.7 Å². The summed E-state index contributed by atoms with van der Waals surface area (Å²) >= 11 is 0. The Bertz CT molecular complexity index is 949. The van der Waals surface area contributed by atoms with Gasteiger partial charge in [-0.1, -0.05) is 59.8 Å². The van der Waals surface area contributed by atoms with Crippen LogP contribution in [0.3, 0.4) is 0 Å². The van der Waals surface area contributed by atoms with Crippen LogP contribution in [0.15, 0.2) is 0 Å². The fourth-order valence-electron chi connectivity index (χ4n) is 6.25. The Morgan fingerprint density at radius 1 is 0.976 bits per heavy atom. The summed E-state index contributed by atoms with van der Waals surface area (Å²) in [5.74, 6) is -1.84. The molecule has 0 saturated heterocycles. The molecule has 0 aromatic rings. The Balaban J connectivity index is 2.22. The van der Waals surface area contributed by atoms with Crippen LogP contribution in [0.25, 0.3) is 0 Å². The predicted molar refractivity (Wildman–Crippen MR) is 160 cm³/mol. The number of hydrogen-bond donors (Lipinski definition) is 4. The van der Waals surface area contributed by atoms with Crippen LogP contribution in [0.5, 0.6) is 0 Å². The maximum Gasteiger partial charge on any atom is 0.236 e. The van der Waals surface area contributed by atoms with Gasteiger partial charge in [-0.25, -0.2) is 18.6 Å². The number of nitrogens with one attached hydrogen (secondary N) is 2. The Hall–Kier alpha value is -1.76. The van der Waals surface area contributed by atoms with E-state index >= 15 is 0 Å². The predicted octanol–water partition coefficient (Wildman–Crippen LogP) is 2.14. The lowest BCUT2D eigenvalue weighted by atomic mass is 9.79. The van der Waals surface area contributed by atoms with Crippen molar-refractivity contribution in [3.63, 3.8) is 0 Å². The van der Waals surface area contributed by atoms with Crippen molar-refractivity contribution in [3.05, 3.63) is 0 Å². The summed E-state index contributed by atoms with van der Waals surface area (Å²) in [5, 5.41) is 20.4. The van der Waals surface area contributed by atoms with Gasteiger partial charge in [0.05, 0.1) is 17.4 Å². The largest absolute Gasteiger partial charge is 0.390 e. The van der Waals surface area contributed by atoms with E-state index in [9.17, 15) is 27.9 Å². The molecule has 0 aromatic carbocycles. The fourth-order valence-corrected chi connectivity index (χ4v) is 7.25. The molecule has 41 heavy (non-hydrogen) atoms. The second-order valence-electron chi connectivity index (χ2n) is 12.6. The number of primary sulfonamides is 1. The normalized spacial score (nSPS) is 23.7. The molecule has 2 aliphatic rings. The first-order valence-electron chi connectivity index (χ1n) is 15.6. The summed E-state index contributed by atoms with van der Waals surface area (Å²) in [5.41, 5.74) is 2.76. The topological polar surface area (TPSA) is 162 Å². The van der Waals surface area contributed by atoms with Gasteiger partial charge in [0.25, 0.3) is 0 Å². The number of sulfonamides is 1. The van der Waals surface area contributed by atoms with Crippen molar-refractivity contribution >= 4 is 27.7 Å². The molecule has 0 heterocycles. The number of carbonyl (C=O) groups excluding carboxylic acids is 3. The molecule has 0 aliphatic heterocycles. The summed E-state index contributed by atoms with van der Waals surface area (Å²) in [6.45, 7) is 8.82. The number of aliphatic hydroxyl groups excluding tert-OH is 1. The van der Waals surface area contributed by atoms with Crippen LogP contribution in [0, 0.1) is 23.7 Å². The summed E-state index contributed by atoms with van der Waals surface area (Å²) in [7, 11) is -2.28. The fraction of sp³-hybridized carbons (Fsp3) is 0.897. The quantitative estimate of drug-likeness (QED) is 0.209. The Labute approximate surface area is 247 Å². The molecule has 238 valence electrons. The van der Waals surface area contributed by atoms with E-state index in [0.717, 1.165) is 38.5 Å². The summed E-state index contributed by atoms with van der Waals surface area (Å²) < 4.78 is 24.9. The first-order valence-corrected chi connectivity index (χ1v) is 17.2. The Morgan fingerprint density at radius 3 is 2.10 bits per heavy atom. The summed E-state index contributed by atoms with van der Waals surface area (Å²) in [6, 6.07) is -0.579. The molecular formula is C29H55N5O6S. The van der Waals surface area contributed by atoms with Crippen LogP contribution in [0.2, 0.25) is 0 Å². The SMILES string of the molecule is CCCN(CCC)C(=O)C1CC(C(=O)NC(CC2CCCCC2)C(O)CN(C)NC(=O)C(C)C)CC(S(N)(=O)=O)C1. The number of hydrazine groups is 1. The molecule has 12 heteroatoms. The molecular weight excluding hydrogens is 546 g/mol. The smallest absolute Gasteiger partial charge is 0.236 e. The second kappa shape index (κ2) is 16.8. The number of amides is 3. The minimum atomic E-state index is -3.96. The van der Waals surface area contributed by atoms with Crippen LogP contribution < -0.4 is 15.9 Å².